The Hall–Kier alpha value is -1.94. The number of carbonyl (C=O) groups is 1. The largest absolute Gasteiger partial charge is 0.321 e. The van der Waals surface area contributed by atoms with Crippen LogP contribution in [0.2, 0.25) is 0 Å². The third kappa shape index (κ3) is 4.03. The zero-order chi connectivity index (χ0) is 13.7. The maximum absolute atomic E-state index is 12.0. The first-order chi connectivity index (χ1) is 9.15. The molecule has 1 heterocycles. The Kier molecular flexibility index (Phi) is 4.47. The van der Waals surface area contributed by atoms with Crippen molar-refractivity contribution in [2.75, 3.05) is 0 Å². The number of aromatic nitrogens is 2. The van der Waals surface area contributed by atoms with Gasteiger partial charge in [-0.15, -0.1) is 0 Å². The highest BCUT2D eigenvalue weighted by Gasteiger charge is 2.14. The van der Waals surface area contributed by atoms with E-state index in [1.807, 2.05) is 43.6 Å². The first-order valence-electron chi connectivity index (χ1n) is 6.45. The lowest BCUT2D eigenvalue weighted by Crippen LogP contribution is -2.32. The first kappa shape index (κ1) is 13.5. The van der Waals surface area contributed by atoms with Crippen LogP contribution in [0.5, 0.6) is 0 Å². The third-order valence-corrected chi connectivity index (χ3v) is 3.13. The van der Waals surface area contributed by atoms with Gasteiger partial charge in [0, 0.05) is 19.7 Å². The minimum atomic E-state index is -0.418. The predicted molar refractivity (Wildman–Crippen MR) is 74.7 cm³/mol. The van der Waals surface area contributed by atoms with Crippen molar-refractivity contribution >= 4 is 5.78 Å². The molecular weight excluding hydrogens is 238 g/mol. The van der Waals surface area contributed by atoms with Crippen molar-refractivity contribution in [1.29, 1.82) is 0 Å². The molecule has 2 aromatic rings. The monoisotopic (exact) mass is 257 g/mol. The molecule has 2 rings (SSSR count). The van der Waals surface area contributed by atoms with Gasteiger partial charge in [0.2, 0.25) is 0 Å². The number of Topliss-reactive ketones (excluding diaryl/α,β-unsaturated/α-hetero) is 1. The van der Waals surface area contributed by atoms with Crippen molar-refractivity contribution in [2.45, 2.75) is 25.3 Å². The number of nitrogens with two attached hydrogens (primary N) is 1. The lowest BCUT2D eigenvalue weighted by atomic mass is 9.99. The summed E-state index contributed by atoms with van der Waals surface area (Å²) in [5.74, 6) is 0.104. The first-order valence-corrected chi connectivity index (χ1v) is 6.45. The van der Waals surface area contributed by atoms with Crippen LogP contribution >= 0.6 is 0 Å². The maximum Gasteiger partial charge on any atom is 0.150 e. The van der Waals surface area contributed by atoms with Crippen LogP contribution < -0.4 is 5.73 Å². The van der Waals surface area contributed by atoms with Crippen molar-refractivity contribution < 1.29 is 4.79 Å². The molecule has 1 unspecified atom stereocenters. The number of nitrogens with zero attached hydrogens (tertiary/aromatic N) is 2. The molecule has 0 aliphatic rings. The summed E-state index contributed by atoms with van der Waals surface area (Å²) in [5, 5.41) is 4.08. The van der Waals surface area contributed by atoms with Gasteiger partial charge in [0.1, 0.15) is 5.78 Å². The molecule has 1 atom stereocenters. The van der Waals surface area contributed by atoms with Crippen LogP contribution in [0.4, 0.5) is 0 Å². The second-order valence-corrected chi connectivity index (χ2v) is 4.78. The molecule has 0 spiro atoms. The molecule has 0 radical (unpaired) electrons. The van der Waals surface area contributed by atoms with E-state index in [9.17, 15) is 4.79 Å². The van der Waals surface area contributed by atoms with Crippen LogP contribution in [0, 0.1) is 0 Å². The van der Waals surface area contributed by atoms with E-state index in [-0.39, 0.29) is 5.78 Å². The van der Waals surface area contributed by atoms with Gasteiger partial charge in [0.15, 0.2) is 0 Å². The smallest absolute Gasteiger partial charge is 0.150 e. The maximum atomic E-state index is 12.0. The number of aryl methyl sites for hydroxylation is 2. The molecule has 0 saturated heterocycles. The minimum absolute atomic E-state index is 0.104. The molecule has 0 bridgehead atoms. The number of benzene rings is 1. The lowest BCUT2D eigenvalue weighted by molar-refractivity contribution is -0.120. The fourth-order valence-corrected chi connectivity index (χ4v) is 2.04. The SMILES string of the molecule is Cn1cc(CCC(=O)C(N)Cc2ccccc2)cn1. The quantitative estimate of drug-likeness (QED) is 0.853. The summed E-state index contributed by atoms with van der Waals surface area (Å²) in [7, 11) is 1.87. The van der Waals surface area contributed by atoms with Gasteiger partial charge in [-0.25, -0.2) is 0 Å². The molecule has 0 aliphatic heterocycles. The molecule has 0 amide bonds. The van der Waals surface area contributed by atoms with E-state index < -0.39 is 6.04 Å². The summed E-state index contributed by atoms with van der Waals surface area (Å²) in [5.41, 5.74) is 8.12. The molecule has 4 nitrogen and oxygen atoms in total. The van der Waals surface area contributed by atoms with Gasteiger partial charge in [0.25, 0.3) is 0 Å². The normalized spacial score (nSPS) is 12.3. The van der Waals surface area contributed by atoms with E-state index in [4.69, 9.17) is 5.73 Å². The van der Waals surface area contributed by atoms with E-state index >= 15 is 0 Å². The molecule has 0 fully saturated rings. The molecule has 0 saturated carbocycles. The second-order valence-electron chi connectivity index (χ2n) is 4.78. The molecule has 19 heavy (non-hydrogen) atoms. The zero-order valence-corrected chi connectivity index (χ0v) is 11.1. The van der Waals surface area contributed by atoms with Crippen LogP contribution in [0.25, 0.3) is 0 Å². The summed E-state index contributed by atoms with van der Waals surface area (Å²) in [4.78, 5) is 12.0. The predicted octanol–water partition coefficient (Wildman–Crippen LogP) is 1.49. The van der Waals surface area contributed by atoms with Gasteiger partial charge in [-0.05, 0) is 24.0 Å². The number of rotatable bonds is 6. The van der Waals surface area contributed by atoms with Crippen molar-refractivity contribution in [2.24, 2.45) is 12.8 Å². The van der Waals surface area contributed by atoms with Crippen LogP contribution in [-0.4, -0.2) is 21.6 Å². The number of hydrogen-bond donors (Lipinski definition) is 1. The summed E-state index contributed by atoms with van der Waals surface area (Å²) < 4.78 is 1.74. The molecule has 0 aliphatic carbocycles. The highest BCUT2D eigenvalue weighted by Crippen LogP contribution is 2.06. The van der Waals surface area contributed by atoms with Gasteiger partial charge >= 0.3 is 0 Å². The van der Waals surface area contributed by atoms with Gasteiger partial charge < -0.3 is 5.73 Å². The third-order valence-electron chi connectivity index (χ3n) is 3.13. The summed E-state index contributed by atoms with van der Waals surface area (Å²) in [6.45, 7) is 0. The standard InChI is InChI=1S/C15H19N3O/c1-18-11-13(10-17-18)7-8-15(19)14(16)9-12-5-3-2-4-6-12/h2-6,10-11,14H,7-9,16H2,1H3. The van der Waals surface area contributed by atoms with E-state index in [2.05, 4.69) is 5.10 Å². The molecule has 100 valence electrons. The molecule has 4 heteroatoms. The van der Waals surface area contributed by atoms with Gasteiger partial charge in [-0.2, -0.15) is 5.10 Å². The van der Waals surface area contributed by atoms with E-state index in [0.717, 1.165) is 11.1 Å². The Bertz CT molecular complexity index is 533. The number of hydrogen-bond acceptors (Lipinski definition) is 3. The van der Waals surface area contributed by atoms with Gasteiger partial charge in [-0.3, -0.25) is 9.48 Å². The van der Waals surface area contributed by atoms with Crippen molar-refractivity contribution in [1.82, 2.24) is 9.78 Å². The van der Waals surface area contributed by atoms with Gasteiger partial charge in [-0.1, -0.05) is 30.3 Å². The highest BCUT2D eigenvalue weighted by atomic mass is 16.1. The number of carbonyl (C=O) groups excluding carboxylic acids is 1. The Morgan fingerprint density at radius 1 is 1.32 bits per heavy atom. The van der Waals surface area contributed by atoms with Crippen molar-refractivity contribution in [3.8, 4) is 0 Å². The molecule has 1 aromatic heterocycles. The average molecular weight is 257 g/mol. The minimum Gasteiger partial charge on any atom is -0.321 e. The lowest BCUT2D eigenvalue weighted by Gasteiger charge is -2.10. The van der Waals surface area contributed by atoms with Gasteiger partial charge in [0.05, 0.1) is 12.2 Å². The zero-order valence-electron chi connectivity index (χ0n) is 11.1. The molecule has 1 aromatic carbocycles. The summed E-state index contributed by atoms with van der Waals surface area (Å²) in [6, 6.07) is 9.45. The summed E-state index contributed by atoms with van der Waals surface area (Å²) in [6.07, 6.45) is 5.49. The highest BCUT2D eigenvalue weighted by molar-refractivity contribution is 5.84. The van der Waals surface area contributed by atoms with Crippen LogP contribution in [0.15, 0.2) is 42.7 Å². The second kappa shape index (κ2) is 6.29. The van der Waals surface area contributed by atoms with E-state index in [1.54, 1.807) is 10.9 Å². The van der Waals surface area contributed by atoms with Crippen LogP contribution in [-0.2, 0) is 24.7 Å². The summed E-state index contributed by atoms with van der Waals surface area (Å²) >= 11 is 0. The Balaban J connectivity index is 1.82. The topological polar surface area (TPSA) is 60.9 Å². The van der Waals surface area contributed by atoms with Crippen LogP contribution in [0.1, 0.15) is 17.5 Å². The number of ketones is 1. The molecule has 2 N–H and O–H groups in total. The fraction of sp³-hybridized carbons (Fsp3) is 0.333. The average Bonchev–Trinajstić information content (AvgIpc) is 2.83. The Morgan fingerprint density at radius 3 is 2.68 bits per heavy atom. The van der Waals surface area contributed by atoms with Crippen molar-refractivity contribution in [3.05, 3.63) is 53.9 Å². The van der Waals surface area contributed by atoms with E-state index in [1.165, 1.54) is 0 Å². The van der Waals surface area contributed by atoms with E-state index in [0.29, 0.717) is 19.3 Å². The Morgan fingerprint density at radius 2 is 2.05 bits per heavy atom. The van der Waals surface area contributed by atoms with Crippen LogP contribution in [0.3, 0.4) is 0 Å². The molecular formula is C15H19N3O. The van der Waals surface area contributed by atoms with Crippen molar-refractivity contribution in [3.63, 3.8) is 0 Å². The Labute approximate surface area is 113 Å². The fourth-order valence-electron chi connectivity index (χ4n) is 2.04.